The number of amides is 1. The number of benzene rings is 1. The first-order valence-corrected chi connectivity index (χ1v) is 8.34. The SMILES string of the molecule is CC(C)Oc1ccc(C(=O)N2CCC(CBr)CC2)cc1. The van der Waals surface area contributed by atoms with Crippen LogP contribution in [0.25, 0.3) is 0 Å². The number of likely N-dealkylation sites (tertiary alicyclic amines) is 1. The van der Waals surface area contributed by atoms with Gasteiger partial charge in [0.2, 0.25) is 0 Å². The minimum atomic E-state index is 0.133. The Hall–Kier alpha value is -1.03. The molecule has 0 radical (unpaired) electrons. The number of carbonyl (C=O) groups is 1. The van der Waals surface area contributed by atoms with E-state index in [-0.39, 0.29) is 12.0 Å². The van der Waals surface area contributed by atoms with Gasteiger partial charge >= 0.3 is 0 Å². The highest BCUT2D eigenvalue weighted by Gasteiger charge is 2.22. The Kier molecular flexibility index (Phi) is 5.46. The van der Waals surface area contributed by atoms with Crippen molar-refractivity contribution in [2.75, 3.05) is 18.4 Å². The minimum absolute atomic E-state index is 0.133. The monoisotopic (exact) mass is 339 g/mol. The van der Waals surface area contributed by atoms with E-state index in [1.165, 1.54) is 0 Å². The third-order valence-corrected chi connectivity index (χ3v) is 4.51. The number of hydrogen-bond acceptors (Lipinski definition) is 2. The molecule has 0 aromatic heterocycles. The molecule has 0 N–H and O–H groups in total. The molecule has 1 saturated heterocycles. The fourth-order valence-electron chi connectivity index (χ4n) is 2.42. The maximum Gasteiger partial charge on any atom is 0.253 e. The average Bonchev–Trinajstić information content (AvgIpc) is 2.47. The maximum atomic E-state index is 12.4. The Balaban J connectivity index is 1.95. The van der Waals surface area contributed by atoms with Crippen LogP contribution in [0.15, 0.2) is 24.3 Å². The molecule has 0 spiro atoms. The Morgan fingerprint density at radius 2 is 1.90 bits per heavy atom. The lowest BCUT2D eigenvalue weighted by Gasteiger charge is -2.31. The number of piperidine rings is 1. The first-order valence-electron chi connectivity index (χ1n) is 7.22. The highest BCUT2D eigenvalue weighted by molar-refractivity contribution is 9.09. The van der Waals surface area contributed by atoms with Crippen LogP contribution in [0.4, 0.5) is 0 Å². The Bertz CT molecular complexity index is 436. The molecule has 1 fully saturated rings. The van der Waals surface area contributed by atoms with E-state index >= 15 is 0 Å². The molecule has 3 nitrogen and oxygen atoms in total. The number of hydrogen-bond donors (Lipinski definition) is 0. The third kappa shape index (κ3) is 3.98. The first-order chi connectivity index (χ1) is 9.60. The zero-order valence-corrected chi connectivity index (χ0v) is 13.7. The summed E-state index contributed by atoms with van der Waals surface area (Å²) >= 11 is 3.52. The zero-order chi connectivity index (χ0) is 14.5. The van der Waals surface area contributed by atoms with E-state index < -0.39 is 0 Å². The molecular formula is C16H22BrNO2. The second kappa shape index (κ2) is 7.11. The molecule has 1 aliphatic rings. The lowest BCUT2D eigenvalue weighted by atomic mass is 9.98. The van der Waals surface area contributed by atoms with Gasteiger partial charge in [-0.2, -0.15) is 0 Å². The van der Waals surface area contributed by atoms with E-state index in [4.69, 9.17) is 4.74 Å². The number of halogens is 1. The van der Waals surface area contributed by atoms with Gasteiger partial charge in [-0.1, -0.05) is 15.9 Å². The third-order valence-electron chi connectivity index (χ3n) is 3.59. The van der Waals surface area contributed by atoms with Gasteiger partial charge in [-0.3, -0.25) is 4.79 Å². The van der Waals surface area contributed by atoms with E-state index in [0.29, 0.717) is 5.92 Å². The van der Waals surface area contributed by atoms with Crippen LogP contribution in [0.2, 0.25) is 0 Å². The van der Waals surface area contributed by atoms with Gasteiger partial charge < -0.3 is 9.64 Å². The molecule has 0 saturated carbocycles. The molecule has 0 atom stereocenters. The van der Waals surface area contributed by atoms with Crippen LogP contribution < -0.4 is 4.74 Å². The van der Waals surface area contributed by atoms with Crippen LogP contribution in [0, 0.1) is 5.92 Å². The molecule has 4 heteroatoms. The fourth-order valence-corrected chi connectivity index (χ4v) is 3.07. The normalized spacial score (nSPS) is 16.5. The van der Waals surface area contributed by atoms with Crippen molar-refractivity contribution in [3.63, 3.8) is 0 Å². The summed E-state index contributed by atoms with van der Waals surface area (Å²) in [5.74, 6) is 1.66. The Labute approximate surface area is 129 Å². The van der Waals surface area contributed by atoms with Gasteiger partial charge in [-0.05, 0) is 56.9 Å². The van der Waals surface area contributed by atoms with Crippen LogP contribution in [0.5, 0.6) is 5.75 Å². The predicted octanol–water partition coefficient (Wildman–Crippen LogP) is 3.72. The van der Waals surface area contributed by atoms with E-state index in [0.717, 1.165) is 42.6 Å². The van der Waals surface area contributed by atoms with E-state index in [1.807, 2.05) is 43.0 Å². The molecule has 1 aromatic carbocycles. The van der Waals surface area contributed by atoms with Gasteiger partial charge in [-0.15, -0.1) is 0 Å². The highest BCUT2D eigenvalue weighted by Crippen LogP contribution is 2.21. The molecule has 0 bridgehead atoms. The molecule has 110 valence electrons. The largest absolute Gasteiger partial charge is 0.491 e. The van der Waals surface area contributed by atoms with Gasteiger partial charge in [0.25, 0.3) is 5.91 Å². The summed E-state index contributed by atoms with van der Waals surface area (Å²) in [6.07, 6.45) is 2.33. The minimum Gasteiger partial charge on any atom is -0.491 e. The van der Waals surface area contributed by atoms with Crippen LogP contribution >= 0.6 is 15.9 Å². The summed E-state index contributed by atoms with van der Waals surface area (Å²) in [6, 6.07) is 7.46. The van der Waals surface area contributed by atoms with Crippen molar-refractivity contribution in [2.24, 2.45) is 5.92 Å². The van der Waals surface area contributed by atoms with Crippen LogP contribution in [-0.2, 0) is 0 Å². The van der Waals surface area contributed by atoms with E-state index in [2.05, 4.69) is 15.9 Å². The van der Waals surface area contributed by atoms with Gasteiger partial charge in [0, 0.05) is 24.0 Å². The van der Waals surface area contributed by atoms with Gasteiger partial charge in [0.1, 0.15) is 5.75 Å². The standard InChI is InChI=1S/C16H22BrNO2/c1-12(2)20-15-5-3-14(4-6-15)16(19)18-9-7-13(11-17)8-10-18/h3-6,12-13H,7-11H2,1-2H3. The van der Waals surface area contributed by atoms with Crippen LogP contribution in [-0.4, -0.2) is 35.3 Å². The summed E-state index contributed by atoms with van der Waals surface area (Å²) in [5.41, 5.74) is 0.749. The number of carbonyl (C=O) groups excluding carboxylic acids is 1. The molecule has 2 rings (SSSR count). The van der Waals surface area contributed by atoms with Crippen LogP contribution in [0.1, 0.15) is 37.0 Å². The Morgan fingerprint density at radius 3 is 2.40 bits per heavy atom. The van der Waals surface area contributed by atoms with Crippen molar-refractivity contribution in [2.45, 2.75) is 32.8 Å². The van der Waals surface area contributed by atoms with E-state index in [1.54, 1.807) is 0 Å². The second-order valence-electron chi connectivity index (χ2n) is 5.58. The topological polar surface area (TPSA) is 29.5 Å². The first kappa shape index (κ1) is 15.4. The number of ether oxygens (including phenoxy) is 1. The van der Waals surface area contributed by atoms with E-state index in [9.17, 15) is 4.79 Å². The van der Waals surface area contributed by atoms with Crippen molar-refractivity contribution in [3.05, 3.63) is 29.8 Å². The molecule has 1 aliphatic heterocycles. The average molecular weight is 340 g/mol. The summed E-state index contributed by atoms with van der Waals surface area (Å²) in [4.78, 5) is 14.4. The second-order valence-corrected chi connectivity index (χ2v) is 6.23. The van der Waals surface area contributed by atoms with Crippen molar-refractivity contribution in [1.82, 2.24) is 4.90 Å². The molecule has 1 aromatic rings. The molecule has 0 aliphatic carbocycles. The maximum absolute atomic E-state index is 12.4. The Morgan fingerprint density at radius 1 is 1.30 bits per heavy atom. The van der Waals surface area contributed by atoms with Crippen molar-refractivity contribution in [3.8, 4) is 5.75 Å². The highest BCUT2D eigenvalue weighted by atomic mass is 79.9. The number of rotatable bonds is 4. The molecule has 1 amide bonds. The van der Waals surface area contributed by atoms with Crippen molar-refractivity contribution in [1.29, 1.82) is 0 Å². The zero-order valence-electron chi connectivity index (χ0n) is 12.1. The summed E-state index contributed by atoms with van der Waals surface area (Å²) in [6.45, 7) is 5.71. The number of alkyl halides is 1. The lowest BCUT2D eigenvalue weighted by Crippen LogP contribution is -2.38. The molecule has 1 heterocycles. The quantitative estimate of drug-likeness (QED) is 0.782. The molecular weight excluding hydrogens is 318 g/mol. The smallest absolute Gasteiger partial charge is 0.253 e. The van der Waals surface area contributed by atoms with Gasteiger partial charge in [-0.25, -0.2) is 0 Å². The fraction of sp³-hybridized carbons (Fsp3) is 0.562. The van der Waals surface area contributed by atoms with Gasteiger partial charge in [0.15, 0.2) is 0 Å². The summed E-state index contributed by atoms with van der Waals surface area (Å²) in [5, 5.41) is 1.04. The molecule has 0 unspecified atom stereocenters. The van der Waals surface area contributed by atoms with Crippen molar-refractivity contribution < 1.29 is 9.53 Å². The lowest BCUT2D eigenvalue weighted by molar-refractivity contribution is 0.0699. The summed E-state index contributed by atoms with van der Waals surface area (Å²) < 4.78 is 5.59. The van der Waals surface area contributed by atoms with Crippen LogP contribution in [0.3, 0.4) is 0 Å². The molecule has 20 heavy (non-hydrogen) atoms. The predicted molar refractivity (Wildman–Crippen MR) is 84.6 cm³/mol. The van der Waals surface area contributed by atoms with Crippen molar-refractivity contribution >= 4 is 21.8 Å². The van der Waals surface area contributed by atoms with Gasteiger partial charge in [0.05, 0.1) is 6.10 Å². The number of nitrogens with zero attached hydrogens (tertiary/aromatic N) is 1. The summed E-state index contributed by atoms with van der Waals surface area (Å²) in [7, 11) is 0.